The quantitative estimate of drug-likeness (QED) is 0.910. The highest BCUT2D eigenvalue weighted by Crippen LogP contribution is 2.23. The van der Waals surface area contributed by atoms with Crippen LogP contribution in [-0.4, -0.2) is 42.0 Å². The van der Waals surface area contributed by atoms with Crippen molar-refractivity contribution >= 4 is 16.8 Å². The van der Waals surface area contributed by atoms with Crippen LogP contribution < -0.4 is 5.32 Å². The van der Waals surface area contributed by atoms with Gasteiger partial charge in [-0.3, -0.25) is 4.79 Å². The first kappa shape index (κ1) is 14.1. The molecule has 0 aliphatic carbocycles. The number of aryl methyl sites for hydroxylation is 2. The van der Waals surface area contributed by atoms with E-state index in [1.807, 2.05) is 30.1 Å². The summed E-state index contributed by atoms with van der Waals surface area (Å²) in [4.78, 5) is 17.8. The molecule has 2 heterocycles. The van der Waals surface area contributed by atoms with Crippen LogP contribution in [0.25, 0.3) is 10.9 Å². The molecule has 0 saturated carbocycles. The van der Waals surface area contributed by atoms with Gasteiger partial charge in [0, 0.05) is 41.8 Å². The summed E-state index contributed by atoms with van der Waals surface area (Å²) < 4.78 is 0. The number of fused-ring (bicyclic) bond motifs is 1. The number of nitrogens with one attached hydrogen (secondary N) is 2. The Morgan fingerprint density at radius 2 is 2.19 bits per heavy atom. The molecule has 1 aliphatic rings. The van der Waals surface area contributed by atoms with Crippen LogP contribution in [0.5, 0.6) is 0 Å². The third kappa shape index (κ3) is 2.68. The van der Waals surface area contributed by atoms with E-state index in [1.165, 1.54) is 12.0 Å². The van der Waals surface area contributed by atoms with E-state index in [9.17, 15) is 4.79 Å². The second-order valence-corrected chi connectivity index (χ2v) is 6.11. The Morgan fingerprint density at radius 1 is 1.38 bits per heavy atom. The summed E-state index contributed by atoms with van der Waals surface area (Å²) in [7, 11) is 1.89. The Labute approximate surface area is 125 Å². The molecule has 1 atom stereocenters. The highest BCUT2D eigenvalue weighted by molar-refractivity contribution is 5.98. The van der Waals surface area contributed by atoms with Crippen molar-refractivity contribution in [2.24, 2.45) is 0 Å². The molecule has 0 radical (unpaired) electrons. The normalized spacial score (nSPS) is 18.3. The van der Waals surface area contributed by atoms with Gasteiger partial charge in [0.15, 0.2) is 0 Å². The number of aromatic amines is 1. The second kappa shape index (κ2) is 5.53. The minimum absolute atomic E-state index is 0.101. The van der Waals surface area contributed by atoms with Gasteiger partial charge in [-0.15, -0.1) is 0 Å². The molecule has 3 rings (SSSR count). The van der Waals surface area contributed by atoms with Crippen LogP contribution in [0, 0.1) is 13.8 Å². The molecule has 112 valence electrons. The molecule has 2 aromatic rings. The number of rotatable bonds is 3. The molecule has 0 spiro atoms. The smallest absolute Gasteiger partial charge is 0.253 e. The van der Waals surface area contributed by atoms with Crippen molar-refractivity contribution in [1.82, 2.24) is 15.2 Å². The third-order valence-corrected chi connectivity index (χ3v) is 4.56. The standard InChI is InChI=1S/C17H23N3O/c1-11-12(2)19-16-7-6-13(9-15(11)16)17(21)20(3)10-14-5-4-8-18-14/h6-7,9,14,18-19H,4-5,8,10H2,1-3H3. The molecule has 1 saturated heterocycles. The van der Waals surface area contributed by atoms with Crippen LogP contribution in [0.1, 0.15) is 34.5 Å². The number of likely N-dealkylation sites (N-methyl/N-ethyl adjacent to an activating group) is 1. The first-order valence-electron chi connectivity index (χ1n) is 7.64. The molecule has 2 N–H and O–H groups in total. The van der Waals surface area contributed by atoms with E-state index in [0.717, 1.165) is 41.7 Å². The van der Waals surface area contributed by atoms with Crippen molar-refractivity contribution in [3.63, 3.8) is 0 Å². The molecule has 1 aliphatic heterocycles. The zero-order valence-corrected chi connectivity index (χ0v) is 13.0. The van der Waals surface area contributed by atoms with E-state index in [4.69, 9.17) is 0 Å². The van der Waals surface area contributed by atoms with Gasteiger partial charge in [-0.1, -0.05) is 0 Å². The molecular formula is C17H23N3O. The zero-order valence-electron chi connectivity index (χ0n) is 13.0. The van der Waals surface area contributed by atoms with Gasteiger partial charge in [-0.25, -0.2) is 0 Å². The largest absolute Gasteiger partial charge is 0.358 e. The molecular weight excluding hydrogens is 262 g/mol. The van der Waals surface area contributed by atoms with Crippen LogP contribution >= 0.6 is 0 Å². The number of nitrogens with zero attached hydrogens (tertiary/aromatic N) is 1. The van der Waals surface area contributed by atoms with Crippen LogP contribution in [0.15, 0.2) is 18.2 Å². The van der Waals surface area contributed by atoms with E-state index in [-0.39, 0.29) is 5.91 Å². The Hall–Kier alpha value is -1.81. The minimum Gasteiger partial charge on any atom is -0.358 e. The molecule has 1 aromatic carbocycles. The van der Waals surface area contributed by atoms with Crippen molar-refractivity contribution in [2.75, 3.05) is 20.1 Å². The molecule has 0 bridgehead atoms. The average molecular weight is 285 g/mol. The monoisotopic (exact) mass is 285 g/mol. The number of hydrogen-bond donors (Lipinski definition) is 2. The number of H-pyrrole nitrogens is 1. The van der Waals surface area contributed by atoms with Gasteiger partial charge in [-0.05, 0) is 57.0 Å². The molecule has 1 fully saturated rings. The molecule has 1 aromatic heterocycles. The van der Waals surface area contributed by atoms with E-state index in [0.29, 0.717) is 6.04 Å². The van der Waals surface area contributed by atoms with Crippen molar-refractivity contribution in [3.05, 3.63) is 35.0 Å². The topological polar surface area (TPSA) is 48.1 Å². The molecule has 1 unspecified atom stereocenters. The highest BCUT2D eigenvalue weighted by Gasteiger charge is 2.20. The Morgan fingerprint density at radius 3 is 2.90 bits per heavy atom. The van der Waals surface area contributed by atoms with Gasteiger partial charge in [0.1, 0.15) is 0 Å². The SMILES string of the molecule is Cc1[nH]c2ccc(C(=O)N(C)CC3CCCN3)cc2c1C. The van der Waals surface area contributed by atoms with Gasteiger partial charge in [0.2, 0.25) is 0 Å². The minimum atomic E-state index is 0.101. The van der Waals surface area contributed by atoms with Crippen molar-refractivity contribution in [3.8, 4) is 0 Å². The van der Waals surface area contributed by atoms with Gasteiger partial charge in [0.05, 0.1) is 0 Å². The predicted octanol–water partition coefficient (Wildman–Crippen LogP) is 2.61. The zero-order chi connectivity index (χ0) is 15.0. The molecule has 4 nitrogen and oxygen atoms in total. The number of aromatic nitrogens is 1. The summed E-state index contributed by atoms with van der Waals surface area (Å²) in [6.45, 7) is 6.01. The second-order valence-electron chi connectivity index (χ2n) is 6.11. The maximum Gasteiger partial charge on any atom is 0.253 e. The lowest BCUT2D eigenvalue weighted by Gasteiger charge is -2.21. The van der Waals surface area contributed by atoms with E-state index < -0.39 is 0 Å². The molecule has 4 heteroatoms. The summed E-state index contributed by atoms with van der Waals surface area (Å²) in [5, 5.41) is 4.58. The Bertz CT molecular complexity index is 668. The fourth-order valence-corrected chi connectivity index (χ4v) is 3.14. The van der Waals surface area contributed by atoms with Crippen LogP contribution in [0.2, 0.25) is 0 Å². The van der Waals surface area contributed by atoms with Crippen LogP contribution in [0.3, 0.4) is 0 Å². The first-order valence-corrected chi connectivity index (χ1v) is 7.64. The number of amides is 1. The first-order chi connectivity index (χ1) is 10.1. The summed E-state index contributed by atoms with van der Waals surface area (Å²) in [6.07, 6.45) is 2.37. The van der Waals surface area contributed by atoms with Crippen molar-refractivity contribution in [1.29, 1.82) is 0 Å². The van der Waals surface area contributed by atoms with Crippen LogP contribution in [-0.2, 0) is 0 Å². The number of carbonyl (C=O) groups excluding carboxylic acids is 1. The maximum absolute atomic E-state index is 12.6. The van der Waals surface area contributed by atoms with E-state index in [1.54, 1.807) is 0 Å². The van der Waals surface area contributed by atoms with Gasteiger partial charge < -0.3 is 15.2 Å². The van der Waals surface area contributed by atoms with Crippen molar-refractivity contribution in [2.45, 2.75) is 32.7 Å². The fraction of sp³-hybridized carbons (Fsp3) is 0.471. The van der Waals surface area contributed by atoms with Gasteiger partial charge in [0.25, 0.3) is 5.91 Å². The Balaban J connectivity index is 1.81. The Kier molecular flexibility index (Phi) is 3.72. The predicted molar refractivity (Wildman–Crippen MR) is 85.8 cm³/mol. The lowest BCUT2D eigenvalue weighted by atomic mass is 10.1. The maximum atomic E-state index is 12.6. The number of carbonyl (C=O) groups is 1. The highest BCUT2D eigenvalue weighted by atomic mass is 16.2. The van der Waals surface area contributed by atoms with Crippen LogP contribution in [0.4, 0.5) is 0 Å². The molecule has 21 heavy (non-hydrogen) atoms. The van der Waals surface area contributed by atoms with Gasteiger partial charge >= 0.3 is 0 Å². The lowest BCUT2D eigenvalue weighted by molar-refractivity contribution is 0.0784. The average Bonchev–Trinajstić information content (AvgIpc) is 3.07. The molecule has 1 amide bonds. The summed E-state index contributed by atoms with van der Waals surface area (Å²) in [5.41, 5.74) is 4.25. The summed E-state index contributed by atoms with van der Waals surface area (Å²) >= 11 is 0. The fourth-order valence-electron chi connectivity index (χ4n) is 3.14. The van der Waals surface area contributed by atoms with E-state index >= 15 is 0 Å². The van der Waals surface area contributed by atoms with Gasteiger partial charge in [-0.2, -0.15) is 0 Å². The number of hydrogen-bond acceptors (Lipinski definition) is 2. The number of benzene rings is 1. The van der Waals surface area contributed by atoms with E-state index in [2.05, 4.69) is 24.1 Å². The summed E-state index contributed by atoms with van der Waals surface area (Å²) in [6, 6.07) is 6.37. The summed E-state index contributed by atoms with van der Waals surface area (Å²) in [5.74, 6) is 0.101. The van der Waals surface area contributed by atoms with Crippen molar-refractivity contribution < 1.29 is 4.79 Å². The third-order valence-electron chi connectivity index (χ3n) is 4.56. The lowest BCUT2D eigenvalue weighted by Crippen LogP contribution is -2.38.